The van der Waals surface area contributed by atoms with Gasteiger partial charge >= 0.3 is 12.1 Å². The molecule has 5 aromatic rings. The lowest BCUT2D eigenvalue weighted by atomic mass is 9.92. The Morgan fingerprint density at radius 3 is 2.26 bits per heavy atom. The van der Waals surface area contributed by atoms with Crippen LogP contribution in [0.1, 0.15) is 47.8 Å². The molecule has 13 heteroatoms. The third-order valence-electron chi connectivity index (χ3n) is 9.92. The fourth-order valence-electron chi connectivity index (χ4n) is 6.94. The van der Waals surface area contributed by atoms with Gasteiger partial charge in [-0.15, -0.1) is 0 Å². The highest BCUT2D eigenvalue weighted by atomic mass is 35.5. The Hall–Kier alpha value is -6.04. The summed E-state index contributed by atoms with van der Waals surface area (Å²) in [5.74, 6) is -0.552. The van der Waals surface area contributed by atoms with Gasteiger partial charge in [0.05, 0.1) is 35.5 Å². The molecular weight excluding hydrogens is 781 g/mol. The molecular formula is C45H41Cl2N3O8. The van der Waals surface area contributed by atoms with Crippen molar-refractivity contribution < 1.29 is 38.1 Å². The Labute approximate surface area is 346 Å². The van der Waals surface area contributed by atoms with E-state index >= 15 is 0 Å². The molecule has 2 aliphatic rings. The van der Waals surface area contributed by atoms with Gasteiger partial charge in [0, 0.05) is 18.4 Å². The normalized spacial score (nSPS) is 16.2. The lowest BCUT2D eigenvalue weighted by molar-refractivity contribution is -0.145. The molecule has 2 N–H and O–H groups in total. The first-order chi connectivity index (χ1) is 27.9. The average Bonchev–Trinajstić information content (AvgIpc) is 3.22. The number of carbonyl (C=O) groups excluding carboxylic acids is 4. The van der Waals surface area contributed by atoms with Crippen molar-refractivity contribution in [3.63, 3.8) is 0 Å². The first-order valence-electron chi connectivity index (χ1n) is 18.8. The van der Waals surface area contributed by atoms with Crippen molar-refractivity contribution in [3.05, 3.63) is 147 Å². The minimum Gasteiger partial charge on any atom is -0.489 e. The van der Waals surface area contributed by atoms with Crippen molar-refractivity contribution in [2.75, 3.05) is 12.4 Å². The number of halogens is 2. The zero-order valence-corrected chi connectivity index (χ0v) is 33.5. The van der Waals surface area contributed by atoms with Gasteiger partial charge in [0.15, 0.2) is 0 Å². The monoisotopic (exact) mass is 821 g/mol. The maximum Gasteiger partial charge on any atom is 0.411 e. The Morgan fingerprint density at radius 2 is 1.57 bits per heavy atom. The summed E-state index contributed by atoms with van der Waals surface area (Å²) in [4.78, 5) is 55.4. The summed E-state index contributed by atoms with van der Waals surface area (Å²) in [5, 5.41) is 6.69. The van der Waals surface area contributed by atoms with Gasteiger partial charge in [-0.05, 0) is 83.6 Å². The molecule has 0 aromatic heterocycles. The summed E-state index contributed by atoms with van der Waals surface area (Å²) in [6.45, 7) is 3.74. The van der Waals surface area contributed by atoms with E-state index in [1.54, 1.807) is 62.4 Å². The van der Waals surface area contributed by atoms with Crippen LogP contribution in [-0.2, 0) is 49.9 Å². The number of hydrogen-bond donors (Lipinski definition) is 2. The largest absolute Gasteiger partial charge is 0.489 e. The van der Waals surface area contributed by atoms with Gasteiger partial charge in [-0.25, -0.2) is 9.59 Å². The van der Waals surface area contributed by atoms with E-state index < -0.39 is 42.3 Å². The molecule has 2 aliphatic heterocycles. The average molecular weight is 823 g/mol. The van der Waals surface area contributed by atoms with Gasteiger partial charge in [-0.2, -0.15) is 0 Å². The Morgan fingerprint density at radius 1 is 0.862 bits per heavy atom. The lowest BCUT2D eigenvalue weighted by Crippen LogP contribution is -2.56. The van der Waals surface area contributed by atoms with E-state index in [0.717, 1.165) is 27.8 Å². The van der Waals surface area contributed by atoms with Crippen LogP contribution >= 0.6 is 23.2 Å². The van der Waals surface area contributed by atoms with Crippen LogP contribution in [0.2, 0.25) is 10.0 Å². The van der Waals surface area contributed by atoms with Gasteiger partial charge < -0.3 is 29.6 Å². The minimum absolute atomic E-state index is 0.0168. The van der Waals surface area contributed by atoms with Crippen LogP contribution in [0.5, 0.6) is 11.5 Å². The fraction of sp³-hybridized carbons (Fsp3) is 0.244. The molecule has 5 aromatic carbocycles. The third-order valence-corrected chi connectivity index (χ3v) is 10.7. The molecule has 0 saturated carbocycles. The van der Waals surface area contributed by atoms with E-state index in [2.05, 4.69) is 10.6 Å². The van der Waals surface area contributed by atoms with Gasteiger partial charge in [0.25, 0.3) is 5.91 Å². The third kappa shape index (κ3) is 9.22. The van der Waals surface area contributed by atoms with E-state index in [1.165, 1.54) is 12.0 Å². The van der Waals surface area contributed by atoms with Crippen molar-refractivity contribution >= 4 is 52.8 Å². The summed E-state index contributed by atoms with van der Waals surface area (Å²) in [6, 6.07) is 31.4. The first-order valence-corrected chi connectivity index (χ1v) is 19.5. The molecule has 11 nitrogen and oxygen atoms in total. The van der Waals surface area contributed by atoms with E-state index in [-0.39, 0.29) is 31.9 Å². The molecule has 0 radical (unpaired) electrons. The highest BCUT2D eigenvalue weighted by molar-refractivity contribution is 6.42. The van der Waals surface area contributed by atoms with Crippen LogP contribution in [0.25, 0.3) is 11.1 Å². The van der Waals surface area contributed by atoms with Crippen molar-refractivity contribution in [2.24, 2.45) is 0 Å². The Kier molecular flexibility index (Phi) is 12.2. The van der Waals surface area contributed by atoms with Gasteiger partial charge in [-0.1, -0.05) is 96.0 Å². The number of methoxy groups -OCH3 is 1. The van der Waals surface area contributed by atoms with E-state index in [1.807, 2.05) is 60.7 Å². The van der Waals surface area contributed by atoms with Crippen LogP contribution < -0.4 is 20.1 Å². The molecule has 0 spiro atoms. The number of nitrogens with one attached hydrogen (secondary N) is 2. The summed E-state index contributed by atoms with van der Waals surface area (Å²) in [6.07, 6.45) is -1.83. The molecule has 298 valence electrons. The number of anilines is 1. The number of nitrogens with zero attached hydrogens (tertiary/aromatic N) is 1. The molecule has 0 bridgehead atoms. The molecule has 2 unspecified atom stereocenters. The van der Waals surface area contributed by atoms with E-state index in [4.69, 9.17) is 42.1 Å². The second-order valence-electron chi connectivity index (χ2n) is 14.3. The number of ether oxygens (including phenoxy) is 4. The number of fused-ring (bicyclic) bond motifs is 2. The second kappa shape index (κ2) is 17.6. The van der Waals surface area contributed by atoms with Crippen LogP contribution in [0, 0.1) is 0 Å². The van der Waals surface area contributed by atoms with Gasteiger partial charge in [0.2, 0.25) is 12.0 Å². The highest BCUT2D eigenvalue weighted by Crippen LogP contribution is 2.40. The fourth-order valence-corrected chi connectivity index (χ4v) is 7.26. The van der Waals surface area contributed by atoms with Crippen molar-refractivity contribution in [1.82, 2.24) is 10.2 Å². The molecule has 3 atom stereocenters. The molecule has 2 heterocycles. The molecule has 3 amide bonds. The molecule has 0 aliphatic carbocycles. The summed E-state index contributed by atoms with van der Waals surface area (Å²) in [7, 11) is 1.26. The topological polar surface area (TPSA) is 133 Å². The summed E-state index contributed by atoms with van der Waals surface area (Å²) in [5.41, 5.74) is 6.21. The first kappa shape index (κ1) is 40.2. The van der Waals surface area contributed by atoms with Crippen LogP contribution in [-0.4, -0.2) is 54.1 Å². The molecule has 58 heavy (non-hydrogen) atoms. The van der Waals surface area contributed by atoms with Crippen LogP contribution in [0.4, 0.5) is 10.5 Å². The maximum atomic E-state index is 14.1. The smallest absolute Gasteiger partial charge is 0.411 e. The van der Waals surface area contributed by atoms with Crippen molar-refractivity contribution in [1.29, 1.82) is 0 Å². The second-order valence-corrected chi connectivity index (χ2v) is 15.2. The zero-order chi connectivity index (χ0) is 40.9. The Balaban J connectivity index is 1.07. The van der Waals surface area contributed by atoms with E-state index in [0.29, 0.717) is 38.4 Å². The predicted octanol–water partition coefficient (Wildman–Crippen LogP) is 8.48. The summed E-state index contributed by atoms with van der Waals surface area (Å²) >= 11 is 12.1. The standard InChI is InChI=1S/C45H41Cl2N3O8/c1-26(2)57-45(54)50-24-33-23-40-37(48-43(52)41(58-40)31-14-16-34(17-15-31)56-25-28-11-18-35(46)36(47)19-28)21-32(33)22-39(50)42(51)49-38(44(53)55-3)20-27-9-12-30(13-10-27)29-7-5-4-6-8-29/h4-19,21,23,26,38-39,41H,20,22,24-25H2,1-3H3,(H,48,52)(H,49,51)/t38-,39?,41?/m0/s1. The number of carbonyl (C=O) groups is 4. The summed E-state index contributed by atoms with van der Waals surface area (Å²) < 4.78 is 22.8. The minimum atomic E-state index is -1.03. The maximum absolute atomic E-state index is 14.1. The molecule has 0 saturated heterocycles. The predicted molar refractivity (Wildman–Crippen MR) is 220 cm³/mol. The number of benzene rings is 5. The zero-order valence-electron chi connectivity index (χ0n) is 32.0. The number of esters is 1. The van der Waals surface area contributed by atoms with Crippen LogP contribution in [0.3, 0.4) is 0 Å². The quantitative estimate of drug-likeness (QED) is 0.127. The SMILES string of the molecule is COC(=O)[C@H](Cc1ccc(-c2ccccc2)cc1)NC(=O)C1Cc2cc3c(cc2CN1C(=O)OC(C)C)OC(c1ccc(OCc2ccc(Cl)c(Cl)c2)cc1)C(=O)N3. The molecule has 0 fully saturated rings. The van der Waals surface area contributed by atoms with Crippen LogP contribution in [0.15, 0.2) is 109 Å². The number of amides is 3. The van der Waals surface area contributed by atoms with Crippen molar-refractivity contribution in [3.8, 4) is 22.6 Å². The van der Waals surface area contributed by atoms with Gasteiger partial charge in [0.1, 0.15) is 30.2 Å². The highest BCUT2D eigenvalue weighted by Gasteiger charge is 2.39. The lowest BCUT2D eigenvalue weighted by Gasteiger charge is -2.37. The van der Waals surface area contributed by atoms with Crippen molar-refractivity contribution in [2.45, 2.75) is 64.1 Å². The van der Waals surface area contributed by atoms with Gasteiger partial charge in [-0.3, -0.25) is 14.5 Å². The van der Waals surface area contributed by atoms with E-state index in [9.17, 15) is 19.2 Å². The Bertz CT molecular complexity index is 2320. The number of hydrogen-bond acceptors (Lipinski definition) is 8. The molecule has 7 rings (SSSR count). The number of rotatable bonds is 11.